The summed E-state index contributed by atoms with van der Waals surface area (Å²) in [5.74, 6) is 1.68. The number of thioether (sulfide) groups is 1. The summed E-state index contributed by atoms with van der Waals surface area (Å²) in [7, 11) is 1.64. The largest absolute Gasteiger partial charge is 0.497 e. The van der Waals surface area contributed by atoms with Crippen molar-refractivity contribution in [3.05, 3.63) is 72.8 Å². The molecule has 1 amide bonds. The first-order chi connectivity index (χ1) is 16.6. The Hall–Kier alpha value is -3.10. The number of amides is 1. The van der Waals surface area contributed by atoms with Crippen LogP contribution >= 0.6 is 11.8 Å². The summed E-state index contributed by atoms with van der Waals surface area (Å²) in [6.45, 7) is 10.6. The number of carbonyl (C=O) groups is 1. The van der Waals surface area contributed by atoms with Crippen molar-refractivity contribution < 1.29 is 9.53 Å². The van der Waals surface area contributed by atoms with Gasteiger partial charge in [0.05, 0.1) is 12.4 Å². The van der Waals surface area contributed by atoms with Crippen LogP contribution in [0.3, 0.4) is 0 Å². The monoisotopic (exact) mass is 477 g/mol. The van der Waals surface area contributed by atoms with E-state index >= 15 is 0 Å². The number of ether oxygens (including phenoxy) is 1. The van der Waals surface area contributed by atoms with E-state index in [0.717, 1.165) is 49.9 Å². The van der Waals surface area contributed by atoms with Crippen LogP contribution in [0.1, 0.15) is 12.5 Å². The standard InChI is InChI=1S/C26H31N5O2S/c1-4-14-31-24(22-10-12-23(33-3)13-11-22)27-28-26(31)34-20(2)25(32)30-17-15-29(16-18-30)19-21-8-6-5-7-9-21/h4-13,20H,1,14-19H2,2-3H3/t20-/m1/s1. The fourth-order valence-electron chi connectivity index (χ4n) is 4.06. The van der Waals surface area contributed by atoms with Gasteiger partial charge in [0.2, 0.25) is 5.91 Å². The number of hydrogen-bond acceptors (Lipinski definition) is 6. The summed E-state index contributed by atoms with van der Waals surface area (Å²) < 4.78 is 7.25. The second-order valence-corrected chi connectivity index (χ2v) is 9.59. The second kappa shape index (κ2) is 11.4. The highest BCUT2D eigenvalue weighted by Gasteiger charge is 2.27. The molecule has 0 spiro atoms. The highest BCUT2D eigenvalue weighted by Crippen LogP contribution is 2.29. The molecule has 1 aliphatic heterocycles. The maximum atomic E-state index is 13.2. The van der Waals surface area contributed by atoms with E-state index in [9.17, 15) is 4.79 Å². The average Bonchev–Trinajstić information content (AvgIpc) is 3.27. The summed E-state index contributed by atoms with van der Waals surface area (Å²) in [6.07, 6.45) is 1.82. The maximum absolute atomic E-state index is 13.2. The van der Waals surface area contributed by atoms with Crippen LogP contribution < -0.4 is 4.74 Å². The highest BCUT2D eigenvalue weighted by molar-refractivity contribution is 8.00. The van der Waals surface area contributed by atoms with Gasteiger partial charge in [-0.25, -0.2) is 0 Å². The number of piperazine rings is 1. The van der Waals surface area contributed by atoms with Crippen LogP contribution in [0.2, 0.25) is 0 Å². The molecule has 4 rings (SSSR count). The van der Waals surface area contributed by atoms with Gasteiger partial charge in [0.15, 0.2) is 11.0 Å². The van der Waals surface area contributed by atoms with Crippen molar-refractivity contribution in [3.8, 4) is 17.1 Å². The third kappa shape index (κ3) is 5.69. The molecule has 178 valence electrons. The molecule has 1 aromatic heterocycles. The number of aromatic nitrogens is 3. The third-order valence-corrected chi connectivity index (χ3v) is 7.01. The van der Waals surface area contributed by atoms with Crippen molar-refractivity contribution in [2.24, 2.45) is 0 Å². The average molecular weight is 478 g/mol. The van der Waals surface area contributed by atoms with E-state index < -0.39 is 0 Å². The Morgan fingerprint density at radius 1 is 1.09 bits per heavy atom. The normalized spacial score (nSPS) is 15.2. The lowest BCUT2D eigenvalue weighted by Crippen LogP contribution is -2.50. The molecule has 1 aliphatic rings. The SMILES string of the molecule is C=CCn1c(S[C@H](C)C(=O)N2CCN(Cc3ccccc3)CC2)nnc1-c1ccc(OC)cc1. The van der Waals surface area contributed by atoms with Gasteiger partial charge in [-0.2, -0.15) is 0 Å². The molecule has 0 unspecified atom stereocenters. The van der Waals surface area contributed by atoms with Gasteiger partial charge in [-0.3, -0.25) is 14.3 Å². The van der Waals surface area contributed by atoms with Crippen LogP contribution in [0.4, 0.5) is 0 Å². The van der Waals surface area contributed by atoms with Crippen LogP contribution in [0.5, 0.6) is 5.75 Å². The van der Waals surface area contributed by atoms with E-state index in [2.05, 4.69) is 45.9 Å². The Bertz CT molecular complexity index is 1090. The quantitative estimate of drug-likeness (QED) is 0.343. The van der Waals surface area contributed by atoms with Gasteiger partial charge in [-0.05, 0) is 36.8 Å². The lowest BCUT2D eigenvalue weighted by atomic mass is 10.2. The number of benzene rings is 2. The maximum Gasteiger partial charge on any atom is 0.235 e. The van der Waals surface area contributed by atoms with Crippen LogP contribution in [0.15, 0.2) is 72.4 Å². The molecule has 1 atom stereocenters. The molecule has 0 bridgehead atoms. The van der Waals surface area contributed by atoms with Crippen molar-refractivity contribution >= 4 is 17.7 Å². The highest BCUT2D eigenvalue weighted by atomic mass is 32.2. The van der Waals surface area contributed by atoms with E-state index in [1.807, 2.05) is 52.8 Å². The van der Waals surface area contributed by atoms with Gasteiger partial charge < -0.3 is 9.64 Å². The van der Waals surface area contributed by atoms with E-state index in [1.54, 1.807) is 7.11 Å². The molecule has 34 heavy (non-hydrogen) atoms. The van der Waals surface area contributed by atoms with E-state index in [-0.39, 0.29) is 11.2 Å². The molecule has 2 aromatic carbocycles. The van der Waals surface area contributed by atoms with Gasteiger partial charge in [0.1, 0.15) is 5.75 Å². The minimum absolute atomic E-state index is 0.142. The van der Waals surface area contributed by atoms with Crippen LogP contribution in [-0.2, 0) is 17.9 Å². The summed E-state index contributed by atoms with van der Waals surface area (Å²) in [4.78, 5) is 17.6. The molecular weight excluding hydrogens is 446 g/mol. The first-order valence-corrected chi connectivity index (χ1v) is 12.4. The van der Waals surface area contributed by atoms with Gasteiger partial charge >= 0.3 is 0 Å². The minimum Gasteiger partial charge on any atom is -0.497 e. The third-order valence-electron chi connectivity index (χ3n) is 5.94. The second-order valence-electron chi connectivity index (χ2n) is 8.28. The number of carbonyl (C=O) groups excluding carboxylic acids is 1. The van der Waals surface area contributed by atoms with Crippen molar-refractivity contribution in [2.75, 3.05) is 33.3 Å². The minimum atomic E-state index is -0.253. The van der Waals surface area contributed by atoms with E-state index in [0.29, 0.717) is 11.7 Å². The molecule has 0 saturated carbocycles. The molecule has 0 radical (unpaired) electrons. The smallest absolute Gasteiger partial charge is 0.235 e. The summed E-state index contributed by atoms with van der Waals surface area (Å²) >= 11 is 1.45. The van der Waals surface area contributed by atoms with Crippen LogP contribution in [0, 0.1) is 0 Å². The lowest BCUT2D eigenvalue weighted by molar-refractivity contribution is -0.132. The van der Waals surface area contributed by atoms with Gasteiger partial charge in [-0.1, -0.05) is 48.2 Å². The first-order valence-electron chi connectivity index (χ1n) is 11.5. The number of nitrogens with zero attached hydrogens (tertiary/aromatic N) is 5. The molecule has 1 fully saturated rings. The van der Waals surface area contributed by atoms with E-state index in [4.69, 9.17) is 4.74 Å². The fourth-order valence-corrected chi connectivity index (χ4v) is 5.00. The predicted octanol–water partition coefficient (Wildman–Crippen LogP) is 3.96. The Morgan fingerprint density at radius 3 is 2.44 bits per heavy atom. The molecule has 7 nitrogen and oxygen atoms in total. The van der Waals surface area contributed by atoms with E-state index in [1.165, 1.54) is 17.3 Å². The number of methoxy groups -OCH3 is 1. The molecule has 3 aromatic rings. The van der Waals surface area contributed by atoms with Gasteiger partial charge in [0.25, 0.3) is 0 Å². The first kappa shape index (κ1) is 24.0. The van der Waals surface area contributed by atoms with Crippen molar-refractivity contribution in [1.82, 2.24) is 24.6 Å². The van der Waals surface area contributed by atoms with Crippen molar-refractivity contribution in [3.63, 3.8) is 0 Å². The van der Waals surface area contributed by atoms with Gasteiger partial charge in [-0.15, -0.1) is 16.8 Å². The summed E-state index contributed by atoms with van der Waals surface area (Å²) in [5, 5.41) is 9.27. The molecular formula is C26H31N5O2S. The fraction of sp³-hybridized carbons (Fsp3) is 0.346. The number of rotatable bonds is 9. The summed E-state index contributed by atoms with van der Waals surface area (Å²) in [5.41, 5.74) is 2.25. The number of hydrogen-bond donors (Lipinski definition) is 0. The predicted molar refractivity (Wildman–Crippen MR) is 136 cm³/mol. The number of allylic oxidation sites excluding steroid dienone is 1. The Balaban J connectivity index is 1.38. The molecule has 0 aliphatic carbocycles. The Labute approximate surface area is 205 Å². The molecule has 8 heteroatoms. The summed E-state index contributed by atoms with van der Waals surface area (Å²) in [6, 6.07) is 18.2. The molecule has 1 saturated heterocycles. The van der Waals surface area contributed by atoms with Crippen molar-refractivity contribution in [1.29, 1.82) is 0 Å². The van der Waals surface area contributed by atoms with Crippen molar-refractivity contribution in [2.45, 2.75) is 30.4 Å². The topological polar surface area (TPSA) is 63.5 Å². The van der Waals surface area contributed by atoms with Crippen LogP contribution in [0.25, 0.3) is 11.4 Å². The van der Waals surface area contributed by atoms with Gasteiger partial charge in [0, 0.05) is 44.8 Å². The zero-order valence-corrected chi connectivity index (χ0v) is 20.6. The Kier molecular flexibility index (Phi) is 8.03. The van der Waals surface area contributed by atoms with Crippen LogP contribution in [-0.4, -0.2) is 69.0 Å². The molecule has 0 N–H and O–H groups in total. The Morgan fingerprint density at radius 2 is 1.79 bits per heavy atom. The zero-order valence-electron chi connectivity index (χ0n) is 19.8. The zero-order chi connectivity index (χ0) is 23.9. The molecule has 2 heterocycles. The lowest BCUT2D eigenvalue weighted by Gasteiger charge is -2.35.